The maximum absolute atomic E-state index is 14.6. The molecule has 0 bridgehead atoms. The Balaban J connectivity index is 1.66. The topological polar surface area (TPSA) is 49.4 Å². The van der Waals surface area contributed by atoms with Gasteiger partial charge in [0.15, 0.2) is 0 Å². The average Bonchev–Trinajstić information content (AvgIpc) is 2.90. The lowest BCUT2D eigenvalue weighted by Crippen LogP contribution is -2.53. The van der Waals surface area contributed by atoms with Gasteiger partial charge >= 0.3 is 0 Å². The Morgan fingerprint density at radius 1 is 0.889 bits per heavy atom. The molecule has 4 rings (SSSR count). The van der Waals surface area contributed by atoms with E-state index in [4.69, 9.17) is 11.6 Å². The molecule has 3 aromatic rings. The fourth-order valence-electron chi connectivity index (χ4n) is 4.83. The second kappa shape index (κ2) is 12.7. The SMILES string of the molecule is O=C(NC1CCCCC1)[C@H](Cc1ccccc1)N(Cc1ccccc1)C(=O)Cc1c(F)cccc1Cl. The van der Waals surface area contributed by atoms with Crippen molar-refractivity contribution in [2.75, 3.05) is 0 Å². The lowest BCUT2D eigenvalue weighted by molar-refractivity contribution is -0.141. The zero-order valence-electron chi connectivity index (χ0n) is 20.3. The monoisotopic (exact) mass is 506 g/mol. The van der Waals surface area contributed by atoms with Crippen molar-refractivity contribution in [2.24, 2.45) is 0 Å². The molecule has 0 aromatic heterocycles. The summed E-state index contributed by atoms with van der Waals surface area (Å²) >= 11 is 6.25. The fourth-order valence-corrected chi connectivity index (χ4v) is 5.06. The van der Waals surface area contributed by atoms with Gasteiger partial charge in [-0.05, 0) is 36.1 Å². The van der Waals surface area contributed by atoms with E-state index in [2.05, 4.69) is 5.32 Å². The second-order valence-electron chi connectivity index (χ2n) is 9.43. The van der Waals surface area contributed by atoms with E-state index in [1.807, 2.05) is 60.7 Å². The van der Waals surface area contributed by atoms with Gasteiger partial charge in [-0.25, -0.2) is 4.39 Å². The van der Waals surface area contributed by atoms with Gasteiger partial charge in [-0.1, -0.05) is 97.6 Å². The van der Waals surface area contributed by atoms with Crippen LogP contribution in [0.25, 0.3) is 0 Å². The summed E-state index contributed by atoms with van der Waals surface area (Å²) in [5, 5.41) is 3.42. The third-order valence-corrected chi connectivity index (χ3v) is 7.16. The quantitative estimate of drug-likeness (QED) is 0.380. The maximum atomic E-state index is 14.6. The number of carbonyl (C=O) groups excluding carboxylic acids is 2. The first-order chi connectivity index (χ1) is 17.5. The molecule has 0 unspecified atom stereocenters. The molecule has 3 aromatic carbocycles. The maximum Gasteiger partial charge on any atom is 0.243 e. The molecule has 1 aliphatic carbocycles. The second-order valence-corrected chi connectivity index (χ2v) is 9.84. The Bertz CT molecular complexity index is 1130. The van der Waals surface area contributed by atoms with Crippen molar-refractivity contribution < 1.29 is 14.0 Å². The number of rotatable bonds is 9. The highest BCUT2D eigenvalue weighted by molar-refractivity contribution is 6.31. The summed E-state index contributed by atoms with van der Waals surface area (Å²) in [5.41, 5.74) is 2.00. The number of hydrogen-bond acceptors (Lipinski definition) is 2. The minimum absolute atomic E-state index is 0.110. The van der Waals surface area contributed by atoms with E-state index >= 15 is 0 Å². The van der Waals surface area contributed by atoms with E-state index in [1.165, 1.54) is 18.6 Å². The molecule has 1 aliphatic rings. The third kappa shape index (κ3) is 6.94. The Morgan fingerprint density at radius 2 is 1.53 bits per heavy atom. The molecule has 0 heterocycles. The van der Waals surface area contributed by atoms with Gasteiger partial charge in [0.1, 0.15) is 11.9 Å². The lowest BCUT2D eigenvalue weighted by Gasteiger charge is -2.33. The van der Waals surface area contributed by atoms with Crippen LogP contribution < -0.4 is 5.32 Å². The van der Waals surface area contributed by atoms with Gasteiger partial charge in [0.05, 0.1) is 6.42 Å². The van der Waals surface area contributed by atoms with E-state index in [0.29, 0.717) is 6.42 Å². The first-order valence-electron chi connectivity index (χ1n) is 12.6. The number of carbonyl (C=O) groups is 2. The summed E-state index contributed by atoms with van der Waals surface area (Å²) in [6.45, 7) is 0.237. The molecule has 6 heteroatoms. The van der Waals surface area contributed by atoms with Crippen molar-refractivity contribution in [2.45, 2.75) is 63.6 Å². The lowest BCUT2D eigenvalue weighted by atomic mass is 9.94. The largest absolute Gasteiger partial charge is 0.352 e. The van der Waals surface area contributed by atoms with Gasteiger partial charge in [0.2, 0.25) is 11.8 Å². The van der Waals surface area contributed by atoms with Crippen molar-refractivity contribution in [1.82, 2.24) is 10.2 Å². The van der Waals surface area contributed by atoms with Crippen molar-refractivity contribution in [1.29, 1.82) is 0 Å². The molecular formula is C30H32ClFN2O2. The smallest absolute Gasteiger partial charge is 0.243 e. The normalized spacial score (nSPS) is 14.7. The first-order valence-corrected chi connectivity index (χ1v) is 13.0. The molecule has 1 saturated carbocycles. The molecule has 36 heavy (non-hydrogen) atoms. The number of hydrogen-bond donors (Lipinski definition) is 1. The molecule has 4 nitrogen and oxygen atoms in total. The number of amides is 2. The van der Waals surface area contributed by atoms with Gasteiger partial charge in [-0.3, -0.25) is 9.59 Å². The molecular weight excluding hydrogens is 475 g/mol. The van der Waals surface area contributed by atoms with E-state index in [-0.39, 0.29) is 41.4 Å². The minimum Gasteiger partial charge on any atom is -0.352 e. The van der Waals surface area contributed by atoms with Crippen LogP contribution in [0.2, 0.25) is 5.02 Å². The van der Waals surface area contributed by atoms with Gasteiger partial charge in [-0.2, -0.15) is 0 Å². The third-order valence-electron chi connectivity index (χ3n) is 6.81. The van der Waals surface area contributed by atoms with Crippen molar-refractivity contribution >= 4 is 23.4 Å². The summed E-state index contributed by atoms with van der Waals surface area (Å²) in [6, 6.07) is 23.0. The molecule has 0 radical (unpaired) electrons. The summed E-state index contributed by atoms with van der Waals surface area (Å²) in [7, 11) is 0. The number of nitrogens with zero attached hydrogens (tertiary/aromatic N) is 1. The van der Waals surface area contributed by atoms with Crippen LogP contribution >= 0.6 is 11.6 Å². The van der Waals surface area contributed by atoms with Crippen LogP contribution in [0.1, 0.15) is 48.8 Å². The average molecular weight is 507 g/mol. The molecule has 1 atom stereocenters. The van der Waals surface area contributed by atoms with Crippen LogP contribution in [-0.2, 0) is 29.0 Å². The standard InChI is InChI=1S/C30H32ClFN2O2/c31-26-17-10-18-27(32)25(26)20-29(35)34(21-23-13-6-2-7-14-23)28(19-22-11-4-1-5-12-22)30(36)33-24-15-8-3-9-16-24/h1-2,4-7,10-14,17-18,24,28H,3,8-9,15-16,19-21H2,(H,33,36)/t28-/m0/s1. The Kier molecular flexibility index (Phi) is 9.12. The molecule has 1 N–H and O–H groups in total. The minimum atomic E-state index is -0.743. The predicted molar refractivity (Wildman–Crippen MR) is 141 cm³/mol. The van der Waals surface area contributed by atoms with Gasteiger partial charge < -0.3 is 10.2 Å². The van der Waals surface area contributed by atoms with Gasteiger partial charge in [-0.15, -0.1) is 0 Å². The van der Waals surface area contributed by atoms with E-state index < -0.39 is 11.9 Å². The molecule has 0 aliphatic heterocycles. The highest BCUT2D eigenvalue weighted by Crippen LogP contribution is 2.23. The van der Waals surface area contributed by atoms with E-state index in [0.717, 1.165) is 36.8 Å². The van der Waals surface area contributed by atoms with E-state index in [9.17, 15) is 14.0 Å². The van der Waals surface area contributed by atoms with Crippen LogP contribution in [0, 0.1) is 5.82 Å². The van der Waals surface area contributed by atoms with Gasteiger partial charge in [0, 0.05) is 29.6 Å². The summed E-state index contributed by atoms with van der Waals surface area (Å²) in [6.07, 6.45) is 5.40. The fraction of sp³-hybridized carbons (Fsp3) is 0.333. The first kappa shape index (κ1) is 25.9. The van der Waals surface area contributed by atoms with Crippen molar-refractivity contribution in [3.63, 3.8) is 0 Å². The summed E-state index contributed by atoms with van der Waals surface area (Å²) in [4.78, 5) is 29.1. The zero-order valence-corrected chi connectivity index (χ0v) is 21.1. The van der Waals surface area contributed by atoms with Gasteiger partial charge in [0.25, 0.3) is 0 Å². The highest BCUT2D eigenvalue weighted by Gasteiger charge is 2.32. The van der Waals surface area contributed by atoms with Crippen LogP contribution in [0.3, 0.4) is 0 Å². The Labute approximate surface area is 217 Å². The molecule has 1 fully saturated rings. The van der Waals surface area contributed by atoms with Crippen LogP contribution in [-0.4, -0.2) is 28.8 Å². The van der Waals surface area contributed by atoms with Crippen molar-refractivity contribution in [3.8, 4) is 0 Å². The zero-order chi connectivity index (χ0) is 25.3. The van der Waals surface area contributed by atoms with Crippen LogP contribution in [0.15, 0.2) is 78.9 Å². The van der Waals surface area contributed by atoms with Crippen LogP contribution in [0.4, 0.5) is 4.39 Å². The Hall–Kier alpha value is -3.18. The molecule has 0 spiro atoms. The number of benzene rings is 3. The van der Waals surface area contributed by atoms with E-state index in [1.54, 1.807) is 11.0 Å². The summed E-state index contributed by atoms with van der Waals surface area (Å²) in [5.74, 6) is -1.04. The predicted octanol–water partition coefficient (Wildman–Crippen LogP) is 6.11. The highest BCUT2D eigenvalue weighted by atomic mass is 35.5. The van der Waals surface area contributed by atoms with Crippen molar-refractivity contribution in [3.05, 3.63) is 106 Å². The molecule has 188 valence electrons. The number of halogens is 2. The van der Waals surface area contributed by atoms with Crippen LogP contribution in [0.5, 0.6) is 0 Å². The molecule has 0 saturated heterocycles. The summed E-state index contributed by atoms with van der Waals surface area (Å²) < 4.78 is 14.6. The number of nitrogens with one attached hydrogen (secondary N) is 1. The molecule has 2 amide bonds. The Morgan fingerprint density at radius 3 is 2.17 bits per heavy atom.